The Balaban J connectivity index is 2.21. The Morgan fingerprint density at radius 1 is 1.00 bits per heavy atom. The van der Waals surface area contributed by atoms with Crippen LogP contribution in [0.25, 0.3) is 22.0 Å². The van der Waals surface area contributed by atoms with Crippen LogP contribution in [-0.2, 0) is 6.18 Å². The van der Waals surface area contributed by atoms with Gasteiger partial charge in [-0.15, -0.1) is 0 Å². The lowest BCUT2D eigenvalue weighted by Gasteiger charge is -2.09. The van der Waals surface area contributed by atoms with E-state index in [1.165, 1.54) is 6.07 Å². The van der Waals surface area contributed by atoms with E-state index in [1.807, 2.05) is 30.3 Å². The molecule has 2 aromatic carbocycles. The maximum Gasteiger partial charge on any atom is 0.416 e. The predicted octanol–water partition coefficient (Wildman–Crippen LogP) is 4.72. The Morgan fingerprint density at radius 3 is 2.60 bits per heavy atom. The van der Waals surface area contributed by atoms with Gasteiger partial charge in [-0.25, -0.2) is 0 Å². The minimum Gasteiger partial charge on any atom is -0.256 e. The second-order valence-electron chi connectivity index (χ2n) is 4.37. The molecule has 1 heterocycles. The van der Waals surface area contributed by atoms with E-state index >= 15 is 0 Å². The number of fused-ring (bicyclic) bond motifs is 1. The average molecular weight is 272 g/mol. The summed E-state index contributed by atoms with van der Waals surface area (Å²) in [6.45, 7) is 0. The zero-order valence-corrected chi connectivity index (χ0v) is 10.3. The lowest BCUT2D eigenvalue weighted by molar-refractivity contribution is -0.137. The van der Waals surface area contributed by atoms with Gasteiger partial charge in [0.25, 0.3) is 0 Å². The molecule has 0 N–H and O–H groups in total. The topological polar surface area (TPSA) is 12.9 Å². The second-order valence-corrected chi connectivity index (χ2v) is 4.37. The number of hydrogen-bond donors (Lipinski definition) is 0. The van der Waals surface area contributed by atoms with Crippen molar-refractivity contribution in [1.82, 2.24) is 4.98 Å². The molecule has 0 amide bonds. The van der Waals surface area contributed by atoms with Crippen LogP contribution in [0.3, 0.4) is 0 Å². The van der Waals surface area contributed by atoms with Crippen molar-refractivity contribution >= 4 is 10.8 Å². The van der Waals surface area contributed by atoms with Gasteiger partial charge in [-0.3, -0.25) is 4.98 Å². The molecule has 0 spiro atoms. The standard InChI is InChI=1S/C16H9F3N/c17-16(18,19)13-6-3-5-12(10-13)15-14-7-2-1-4-11(14)8-9-20-15/h1-4,6-10H. The van der Waals surface area contributed by atoms with Crippen LogP contribution < -0.4 is 0 Å². The Morgan fingerprint density at radius 2 is 1.80 bits per heavy atom. The minimum atomic E-state index is -4.37. The molecule has 1 radical (unpaired) electrons. The summed E-state index contributed by atoms with van der Waals surface area (Å²) in [6.07, 6.45) is -2.78. The number of benzene rings is 2. The van der Waals surface area contributed by atoms with Crippen molar-refractivity contribution in [1.29, 1.82) is 0 Å². The van der Waals surface area contributed by atoms with Gasteiger partial charge >= 0.3 is 6.18 Å². The fraction of sp³-hybridized carbons (Fsp3) is 0.0625. The number of rotatable bonds is 1. The van der Waals surface area contributed by atoms with Crippen molar-refractivity contribution < 1.29 is 13.2 Å². The molecule has 0 saturated carbocycles. The number of alkyl halides is 3. The van der Waals surface area contributed by atoms with E-state index in [0.717, 1.165) is 22.9 Å². The zero-order valence-electron chi connectivity index (χ0n) is 10.3. The Kier molecular flexibility index (Phi) is 2.93. The van der Waals surface area contributed by atoms with Gasteiger partial charge in [0.05, 0.1) is 11.3 Å². The first-order valence-corrected chi connectivity index (χ1v) is 5.99. The smallest absolute Gasteiger partial charge is 0.256 e. The highest BCUT2D eigenvalue weighted by atomic mass is 19.4. The lowest BCUT2D eigenvalue weighted by atomic mass is 10.0. The summed E-state index contributed by atoms with van der Waals surface area (Å²) in [4.78, 5) is 4.20. The van der Waals surface area contributed by atoms with E-state index in [-0.39, 0.29) is 0 Å². The van der Waals surface area contributed by atoms with Gasteiger partial charge in [0.2, 0.25) is 0 Å². The fourth-order valence-corrected chi connectivity index (χ4v) is 2.11. The van der Waals surface area contributed by atoms with Crippen LogP contribution in [0, 0.1) is 6.07 Å². The molecule has 0 unspecified atom stereocenters. The molecule has 0 aliphatic rings. The largest absolute Gasteiger partial charge is 0.416 e. The van der Waals surface area contributed by atoms with Crippen molar-refractivity contribution in [3.05, 3.63) is 66.4 Å². The van der Waals surface area contributed by atoms with E-state index < -0.39 is 11.7 Å². The second kappa shape index (κ2) is 4.63. The SMILES string of the molecule is FC(F)(F)c1cc[c]c(-c2nccc3ccccc23)c1. The molecule has 1 nitrogen and oxygen atoms in total. The van der Waals surface area contributed by atoms with Crippen LogP contribution in [0.4, 0.5) is 13.2 Å². The van der Waals surface area contributed by atoms with Crippen LogP contribution in [0.15, 0.2) is 54.7 Å². The maximum absolute atomic E-state index is 12.8. The highest BCUT2D eigenvalue weighted by Crippen LogP contribution is 2.33. The van der Waals surface area contributed by atoms with Crippen molar-refractivity contribution in [2.45, 2.75) is 6.18 Å². The van der Waals surface area contributed by atoms with Crippen molar-refractivity contribution in [3.63, 3.8) is 0 Å². The minimum absolute atomic E-state index is 0.344. The maximum atomic E-state index is 12.8. The highest BCUT2D eigenvalue weighted by molar-refractivity contribution is 5.94. The third-order valence-corrected chi connectivity index (χ3v) is 3.06. The molecule has 20 heavy (non-hydrogen) atoms. The molecule has 0 atom stereocenters. The molecule has 0 aliphatic heterocycles. The van der Waals surface area contributed by atoms with E-state index in [4.69, 9.17) is 0 Å². The number of pyridine rings is 1. The molecular weight excluding hydrogens is 263 g/mol. The van der Waals surface area contributed by atoms with Crippen molar-refractivity contribution in [3.8, 4) is 11.3 Å². The molecule has 0 fully saturated rings. The summed E-state index contributed by atoms with van der Waals surface area (Å²) in [6, 6.07) is 15.5. The van der Waals surface area contributed by atoms with Crippen molar-refractivity contribution in [2.24, 2.45) is 0 Å². The summed E-state index contributed by atoms with van der Waals surface area (Å²) in [5.74, 6) is 0. The molecule has 0 saturated heterocycles. The number of halogens is 3. The highest BCUT2D eigenvalue weighted by Gasteiger charge is 2.30. The molecule has 0 aliphatic carbocycles. The van der Waals surface area contributed by atoms with Gasteiger partial charge in [0.1, 0.15) is 0 Å². The first kappa shape index (κ1) is 12.7. The Hall–Kier alpha value is -2.36. The van der Waals surface area contributed by atoms with Crippen LogP contribution in [0.5, 0.6) is 0 Å². The molecule has 3 aromatic rings. The average Bonchev–Trinajstić information content (AvgIpc) is 2.46. The Labute approximate surface area is 113 Å². The van der Waals surface area contributed by atoms with Gasteiger partial charge < -0.3 is 0 Å². The van der Waals surface area contributed by atoms with Crippen LogP contribution in [0.1, 0.15) is 5.56 Å². The van der Waals surface area contributed by atoms with Gasteiger partial charge in [-0.05, 0) is 29.7 Å². The van der Waals surface area contributed by atoms with E-state index in [2.05, 4.69) is 11.1 Å². The summed E-state index contributed by atoms with van der Waals surface area (Å²) in [7, 11) is 0. The van der Waals surface area contributed by atoms with Gasteiger partial charge in [0, 0.05) is 17.1 Å². The van der Waals surface area contributed by atoms with Crippen LogP contribution >= 0.6 is 0 Å². The lowest BCUT2D eigenvalue weighted by Crippen LogP contribution is -2.04. The predicted molar refractivity (Wildman–Crippen MR) is 71.0 cm³/mol. The summed E-state index contributed by atoms with van der Waals surface area (Å²) in [5, 5.41) is 1.74. The normalized spacial score (nSPS) is 11.8. The first-order chi connectivity index (χ1) is 9.55. The monoisotopic (exact) mass is 272 g/mol. The van der Waals surface area contributed by atoms with Gasteiger partial charge in [-0.1, -0.05) is 30.3 Å². The summed E-state index contributed by atoms with van der Waals surface area (Å²) in [5.41, 5.74) is 0.159. The van der Waals surface area contributed by atoms with Gasteiger partial charge in [-0.2, -0.15) is 13.2 Å². The van der Waals surface area contributed by atoms with Gasteiger partial charge in [0.15, 0.2) is 0 Å². The third-order valence-electron chi connectivity index (χ3n) is 3.06. The molecule has 0 bridgehead atoms. The van der Waals surface area contributed by atoms with Crippen molar-refractivity contribution in [2.75, 3.05) is 0 Å². The molecule has 99 valence electrons. The molecule has 3 rings (SSSR count). The first-order valence-electron chi connectivity index (χ1n) is 5.99. The van der Waals surface area contributed by atoms with E-state index in [1.54, 1.807) is 6.20 Å². The summed E-state index contributed by atoms with van der Waals surface area (Å²) >= 11 is 0. The molecule has 4 heteroatoms. The quantitative estimate of drug-likeness (QED) is 0.624. The zero-order chi connectivity index (χ0) is 14.2. The molecular formula is C16H9F3N. The number of nitrogens with zero attached hydrogens (tertiary/aromatic N) is 1. The van der Waals surface area contributed by atoms with Crippen LogP contribution in [-0.4, -0.2) is 4.98 Å². The van der Waals surface area contributed by atoms with E-state index in [9.17, 15) is 13.2 Å². The van der Waals surface area contributed by atoms with E-state index in [0.29, 0.717) is 11.3 Å². The number of aromatic nitrogens is 1. The van der Waals surface area contributed by atoms with Crippen LogP contribution in [0.2, 0.25) is 0 Å². The summed E-state index contributed by atoms with van der Waals surface area (Å²) < 4.78 is 38.3. The molecule has 1 aromatic heterocycles. The Bertz CT molecular complexity index is 758. The fourth-order valence-electron chi connectivity index (χ4n) is 2.11. The third kappa shape index (κ3) is 2.25. The number of hydrogen-bond acceptors (Lipinski definition) is 1.